The molecule has 2 nitrogen and oxygen atoms in total. The third-order valence-electron chi connectivity index (χ3n) is 2.42. The number of carbonyl (C=O) groups is 1. The van der Waals surface area contributed by atoms with E-state index in [-0.39, 0.29) is 0 Å². The standard InChI is InChI=1S/C10H25Ge2NO/c1-11(2,3)9(12(4,5)6)10(14)13(7)8/h9H,1-8H3. The molecule has 0 atom stereocenters. The third-order valence-corrected chi connectivity index (χ3v) is 29.6. The van der Waals surface area contributed by atoms with E-state index in [2.05, 4.69) is 34.5 Å². The zero-order valence-corrected chi connectivity index (χ0v) is 15.1. The van der Waals surface area contributed by atoms with E-state index in [1.54, 1.807) is 4.90 Å². The van der Waals surface area contributed by atoms with Crippen LogP contribution in [0, 0.1) is 0 Å². The van der Waals surface area contributed by atoms with Gasteiger partial charge in [-0.15, -0.1) is 0 Å². The van der Waals surface area contributed by atoms with Gasteiger partial charge >= 0.3 is 94.3 Å². The van der Waals surface area contributed by atoms with Crippen LogP contribution in [0.15, 0.2) is 0 Å². The van der Waals surface area contributed by atoms with Crippen LogP contribution in [0.1, 0.15) is 0 Å². The Morgan fingerprint density at radius 1 is 0.929 bits per heavy atom. The molecule has 0 bridgehead atoms. The van der Waals surface area contributed by atoms with E-state index in [0.717, 1.165) is 0 Å². The minimum absolute atomic E-state index is 0.394. The van der Waals surface area contributed by atoms with E-state index in [1.807, 2.05) is 14.1 Å². The molecule has 0 radical (unpaired) electrons. The van der Waals surface area contributed by atoms with Gasteiger partial charge in [-0.25, -0.2) is 0 Å². The molecule has 0 heterocycles. The first kappa shape index (κ1) is 14.6. The first-order valence-corrected chi connectivity index (χ1v) is 20.2. The van der Waals surface area contributed by atoms with Gasteiger partial charge in [0.05, 0.1) is 0 Å². The SMILES string of the molecule is CN(C)C(=O)[CH]([Ge]([CH3])([CH3])[CH3])[Ge]([CH3])([CH3])[CH3]. The van der Waals surface area contributed by atoms with Crippen molar-refractivity contribution in [2.75, 3.05) is 14.1 Å². The van der Waals surface area contributed by atoms with Crippen molar-refractivity contribution in [1.29, 1.82) is 0 Å². The number of amides is 1. The molecular formula is C10H25Ge2NO. The molecule has 0 rings (SSSR count). The fourth-order valence-corrected chi connectivity index (χ4v) is 40.3. The number of carbonyl (C=O) groups excluding carboxylic acids is 1. The average molecular weight is 321 g/mol. The summed E-state index contributed by atoms with van der Waals surface area (Å²) in [6, 6.07) is 0. The molecule has 0 fully saturated rings. The molecule has 0 saturated heterocycles. The second kappa shape index (κ2) is 4.60. The van der Waals surface area contributed by atoms with Gasteiger partial charge < -0.3 is 0 Å². The average Bonchev–Trinajstić information content (AvgIpc) is 1.79. The Hall–Kier alpha value is 0.556. The first-order valence-electron chi connectivity index (χ1n) is 5.19. The van der Waals surface area contributed by atoms with Gasteiger partial charge in [-0.2, -0.15) is 0 Å². The summed E-state index contributed by atoms with van der Waals surface area (Å²) in [5, 5.41) is 0. The minimum atomic E-state index is -1.86. The molecule has 0 unspecified atom stereocenters. The fourth-order valence-electron chi connectivity index (χ4n) is 2.30. The Labute approximate surface area is 94.2 Å². The van der Waals surface area contributed by atoms with Gasteiger partial charge in [0.15, 0.2) is 0 Å². The van der Waals surface area contributed by atoms with E-state index in [9.17, 15) is 4.79 Å². The number of rotatable bonds is 3. The van der Waals surface area contributed by atoms with E-state index in [4.69, 9.17) is 0 Å². The van der Waals surface area contributed by atoms with E-state index >= 15 is 0 Å². The number of nitrogens with zero attached hydrogens (tertiary/aromatic N) is 1. The van der Waals surface area contributed by atoms with Crippen LogP contribution >= 0.6 is 0 Å². The third kappa shape index (κ3) is 3.97. The van der Waals surface area contributed by atoms with Crippen LogP contribution in [0.25, 0.3) is 0 Å². The summed E-state index contributed by atoms with van der Waals surface area (Å²) in [7, 11) is 3.77. The monoisotopic (exact) mass is 323 g/mol. The second-order valence-electron chi connectivity index (χ2n) is 6.40. The summed E-state index contributed by atoms with van der Waals surface area (Å²) in [6.07, 6.45) is 0. The maximum absolute atomic E-state index is 12.2. The van der Waals surface area contributed by atoms with Crippen molar-refractivity contribution in [3.8, 4) is 0 Å². The van der Waals surface area contributed by atoms with E-state index in [1.165, 1.54) is 0 Å². The molecule has 0 aliphatic rings. The van der Waals surface area contributed by atoms with Crippen molar-refractivity contribution in [2.24, 2.45) is 0 Å². The summed E-state index contributed by atoms with van der Waals surface area (Å²) in [5.41, 5.74) is 0. The van der Waals surface area contributed by atoms with Gasteiger partial charge in [0.2, 0.25) is 0 Å². The Morgan fingerprint density at radius 2 is 1.21 bits per heavy atom. The number of hydrogen-bond acceptors (Lipinski definition) is 1. The van der Waals surface area contributed by atoms with Crippen LogP contribution in [0.5, 0.6) is 0 Å². The van der Waals surface area contributed by atoms with Crippen molar-refractivity contribution < 1.29 is 4.79 Å². The zero-order chi connectivity index (χ0) is 11.7. The summed E-state index contributed by atoms with van der Waals surface area (Å²) >= 11 is -3.73. The van der Waals surface area contributed by atoms with Crippen molar-refractivity contribution in [3.63, 3.8) is 0 Å². The molecule has 0 aromatic rings. The molecule has 0 aliphatic carbocycles. The van der Waals surface area contributed by atoms with Crippen molar-refractivity contribution >= 4 is 32.4 Å². The quantitative estimate of drug-likeness (QED) is 0.732. The molecule has 0 saturated carbocycles. The summed E-state index contributed by atoms with van der Waals surface area (Å²) in [6.45, 7) is 0. The first-order chi connectivity index (χ1) is 5.98. The van der Waals surface area contributed by atoms with Crippen molar-refractivity contribution in [1.82, 2.24) is 4.90 Å². The summed E-state index contributed by atoms with van der Waals surface area (Å²) < 4.78 is 0.435. The van der Waals surface area contributed by atoms with Crippen LogP contribution in [0.4, 0.5) is 0 Å². The Kier molecular flexibility index (Phi) is 4.78. The van der Waals surface area contributed by atoms with Crippen LogP contribution in [-0.2, 0) is 4.79 Å². The molecule has 14 heavy (non-hydrogen) atoms. The second-order valence-corrected chi connectivity index (χ2v) is 31.2. The summed E-state index contributed by atoms with van der Waals surface area (Å²) in [4.78, 5) is 13.9. The maximum atomic E-state index is 12.2. The van der Waals surface area contributed by atoms with Gasteiger partial charge in [-0.1, -0.05) is 0 Å². The van der Waals surface area contributed by atoms with Gasteiger partial charge in [0, 0.05) is 0 Å². The number of hydrogen-bond donors (Lipinski definition) is 0. The zero-order valence-electron chi connectivity index (χ0n) is 10.9. The predicted molar refractivity (Wildman–Crippen MR) is 69.1 cm³/mol. The Morgan fingerprint density at radius 3 is 1.29 bits per heavy atom. The van der Waals surface area contributed by atoms with E-state index < -0.39 is 26.5 Å². The van der Waals surface area contributed by atoms with Crippen LogP contribution in [-0.4, -0.2) is 51.4 Å². The van der Waals surface area contributed by atoms with Crippen LogP contribution in [0.3, 0.4) is 0 Å². The van der Waals surface area contributed by atoms with Crippen LogP contribution in [0.2, 0.25) is 38.1 Å². The van der Waals surface area contributed by atoms with E-state index in [0.29, 0.717) is 9.49 Å². The van der Waals surface area contributed by atoms with Gasteiger partial charge in [-0.3, -0.25) is 0 Å². The molecule has 84 valence electrons. The molecule has 1 amide bonds. The molecule has 0 spiro atoms. The topological polar surface area (TPSA) is 20.3 Å². The van der Waals surface area contributed by atoms with Crippen molar-refractivity contribution in [2.45, 2.75) is 38.1 Å². The molecule has 0 aliphatic heterocycles. The molecule has 4 heteroatoms. The predicted octanol–water partition coefficient (Wildman–Crippen LogP) is 2.66. The van der Waals surface area contributed by atoms with Gasteiger partial charge in [0.1, 0.15) is 0 Å². The van der Waals surface area contributed by atoms with Crippen molar-refractivity contribution in [3.05, 3.63) is 0 Å². The van der Waals surface area contributed by atoms with Crippen LogP contribution < -0.4 is 0 Å². The molecule has 0 N–H and O–H groups in total. The Bertz CT molecular complexity index is 199. The normalized spacial score (nSPS) is 13.2. The van der Waals surface area contributed by atoms with Gasteiger partial charge in [-0.05, 0) is 0 Å². The fraction of sp³-hybridized carbons (Fsp3) is 0.900. The molecule has 0 aromatic heterocycles. The molecule has 0 aromatic carbocycles. The summed E-state index contributed by atoms with van der Waals surface area (Å²) in [5.74, 6) is 14.6. The van der Waals surface area contributed by atoms with Gasteiger partial charge in [0.25, 0.3) is 0 Å². The Balaban J connectivity index is 5.05. The molecular weight excluding hydrogens is 295 g/mol.